The summed E-state index contributed by atoms with van der Waals surface area (Å²) in [7, 11) is 0. The molecule has 1 aromatic rings. The van der Waals surface area contributed by atoms with Gasteiger partial charge in [-0.3, -0.25) is 14.9 Å². The standard InChI is InChI=1S/C11H11BrN2O4/c12-9-5-8(6-10(7-9)14(16)17)11(15)13-1-3-18-4-2-13/h5-7H,1-4H2. The molecule has 0 bridgehead atoms. The number of carbonyl (C=O) groups is 1. The third-order valence-corrected chi connectivity index (χ3v) is 3.10. The SMILES string of the molecule is O=C(c1cc(Br)cc([N+](=O)[O-])c1)N1CCOCC1. The number of nitrogens with zero attached hydrogens (tertiary/aromatic N) is 2. The van der Waals surface area contributed by atoms with Crippen molar-refractivity contribution in [1.29, 1.82) is 0 Å². The van der Waals surface area contributed by atoms with Crippen LogP contribution in [0.4, 0.5) is 5.69 Å². The number of ether oxygens (including phenoxy) is 1. The van der Waals surface area contributed by atoms with Crippen molar-refractivity contribution in [2.45, 2.75) is 0 Å². The van der Waals surface area contributed by atoms with Gasteiger partial charge < -0.3 is 9.64 Å². The van der Waals surface area contributed by atoms with Crippen molar-refractivity contribution < 1.29 is 14.5 Å². The molecule has 0 radical (unpaired) electrons. The number of hydrogen-bond acceptors (Lipinski definition) is 4. The number of benzene rings is 1. The maximum Gasteiger partial charge on any atom is 0.271 e. The number of amides is 1. The third kappa shape index (κ3) is 2.85. The summed E-state index contributed by atoms with van der Waals surface area (Å²) < 4.78 is 5.68. The summed E-state index contributed by atoms with van der Waals surface area (Å²) in [6, 6.07) is 4.25. The Labute approximate surface area is 112 Å². The molecule has 1 saturated heterocycles. The van der Waals surface area contributed by atoms with Crippen LogP contribution < -0.4 is 0 Å². The van der Waals surface area contributed by atoms with Crippen molar-refractivity contribution in [3.63, 3.8) is 0 Å². The third-order valence-electron chi connectivity index (χ3n) is 2.64. The van der Waals surface area contributed by atoms with Gasteiger partial charge in [0.1, 0.15) is 0 Å². The van der Waals surface area contributed by atoms with Gasteiger partial charge in [0.25, 0.3) is 11.6 Å². The second-order valence-electron chi connectivity index (χ2n) is 3.86. The van der Waals surface area contributed by atoms with Gasteiger partial charge in [-0.2, -0.15) is 0 Å². The van der Waals surface area contributed by atoms with Crippen molar-refractivity contribution >= 4 is 27.5 Å². The van der Waals surface area contributed by atoms with Crippen LogP contribution in [0, 0.1) is 10.1 Å². The number of carbonyl (C=O) groups excluding carboxylic acids is 1. The molecule has 0 aliphatic carbocycles. The fourth-order valence-corrected chi connectivity index (χ4v) is 2.23. The topological polar surface area (TPSA) is 72.7 Å². The predicted molar refractivity (Wildman–Crippen MR) is 67.5 cm³/mol. The van der Waals surface area contributed by atoms with E-state index in [9.17, 15) is 14.9 Å². The van der Waals surface area contributed by atoms with Crippen molar-refractivity contribution in [3.8, 4) is 0 Å². The monoisotopic (exact) mass is 314 g/mol. The summed E-state index contributed by atoms with van der Waals surface area (Å²) >= 11 is 3.17. The fraction of sp³-hybridized carbons (Fsp3) is 0.364. The minimum absolute atomic E-state index is 0.0963. The Morgan fingerprint density at radius 3 is 2.61 bits per heavy atom. The molecule has 0 N–H and O–H groups in total. The first kappa shape index (κ1) is 13.0. The molecule has 1 aliphatic heterocycles. The molecule has 1 heterocycles. The predicted octanol–water partition coefficient (Wildman–Crippen LogP) is 1.83. The van der Waals surface area contributed by atoms with Gasteiger partial charge in [0, 0.05) is 35.3 Å². The first-order chi connectivity index (χ1) is 8.58. The zero-order valence-corrected chi connectivity index (χ0v) is 11.1. The van der Waals surface area contributed by atoms with Crippen molar-refractivity contribution in [3.05, 3.63) is 38.3 Å². The number of nitro benzene ring substituents is 1. The van der Waals surface area contributed by atoms with E-state index in [-0.39, 0.29) is 11.6 Å². The Kier molecular flexibility index (Phi) is 3.93. The zero-order valence-electron chi connectivity index (χ0n) is 9.47. The van der Waals surface area contributed by atoms with E-state index < -0.39 is 4.92 Å². The molecule has 1 fully saturated rings. The second-order valence-corrected chi connectivity index (χ2v) is 4.78. The number of morpholine rings is 1. The molecule has 0 aromatic heterocycles. The van der Waals surface area contributed by atoms with Crippen LogP contribution >= 0.6 is 15.9 Å². The molecule has 7 heteroatoms. The largest absolute Gasteiger partial charge is 0.378 e. The van der Waals surface area contributed by atoms with Gasteiger partial charge in [-0.15, -0.1) is 0 Å². The highest BCUT2D eigenvalue weighted by Gasteiger charge is 2.21. The van der Waals surface area contributed by atoms with Crippen LogP contribution in [-0.2, 0) is 4.74 Å². The Hall–Kier alpha value is -1.47. The summed E-state index contributed by atoms with van der Waals surface area (Å²) in [6.07, 6.45) is 0. The molecular formula is C11H11BrN2O4. The number of halogens is 1. The Morgan fingerprint density at radius 2 is 2.00 bits per heavy atom. The van der Waals surface area contributed by atoms with E-state index in [2.05, 4.69) is 15.9 Å². The van der Waals surface area contributed by atoms with E-state index >= 15 is 0 Å². The lowest BCUT2D eigenvalue weighted by atomic mass is 10.1. The molecule has 18 heavy (non-hydrogen) atoms. The van der Waals surface area contributed by atoms with E-state index in [0.29, 0.717) is 36.3 Å². The van der Waals surface area contributed by atoms with E-state index in [4.69, 9.17) is 4.74 Å². The molecule has 1 amide bonds. The van der Waals surface area contributed by atoms with Gasteiger partial charge in [0.15, 0.2) is 0 Å². The van der Waals surface area contributed by atoms with Crippen LogP contribution in [0.5, 0.6) is 0 Å². The molecule has 1 aliphatic rings. The Balaban J connectivity index is 2.26. The van der Waals surface area contributed by atoms with E-state index in [0.717, 1.165) is 0 Å². The second kappa shape index (κ2) is 5.45. The zero-order chi connectivity index (χ0) is 13.1. The normalized spacial score (nSPS) is 15.5. The summed E-state index contributed by atoms with van der Waals surface area (Å²) in [5.74, 6) is -0.206. The highest BCUT2D eigenvalue weighted by molar-refractivity contribution is 9.10. The maximum atomic E-state index is 12.2. The van der Waals surface area contributed by atoms with Gasteiger partial charge >= 0.3 is 0 Å². The Morgan fingerprint density at radius 1 is 1.33 bits per heavy atom. The lowest BCUT2D eigenvalue weighted by Crippen LogP contribution is -2.40. The Bertz CT molecular complexity index is 486. The molecular weight excluding hydrogens is 304 g/mol. The molecule has 2 rings (SSSR count). The van der Waals surface area contributed by atoms with E-state index in [1.54, 1.807) is 11.0 Å². The first-order valence-corrected chi connectivity index (χ1v) is 6.19. The smallest absolute Gasteiger partial charge is 0.271 e. The van der Waals surface area contributed by atoms with E-state index in [1.165, 1.54) is 12.1 Å². The van der Waals surface area contributed by atoms with Crippen molar-refractivity contribution in [2.75, 3.05) is 26.3 Å². The molecule has 96 valence electrons. The highest BCUT2D eigenvalue weighted by atomic mass is 79.9. The number of rotatable bonds is 2. The molecule has 0 spiro atoms. The van der Waals surface area contributed by atoms with Crippen LogP contribution in [0.2, 0.25) is 0 Å². The van der Waals surface area contributed by atoms with Crippen LogP contribution in [0.15, 0.2) is 22.7 Å². The lowest BCUT2D eigenvalue weighted by molar-refractivity contribution is -0.385. The van der Waals surface area contributed by atoms with Crippen LogP contribution in [0.1, 0.15) is 10.4 Å². The van der Waals surface area contributed by atoms with Crippen LogP contribution in [0.25, 0.3) is 0 Å². The molecule has 6 nitrogen and oxygen atoms in total. The fourth-order valence-electron chi connectivity index (χ4n) is 1.75. The summed E-state index contributed by atoms with van der Waals surface area (Å²) in [5, 5.41) is 10.7. The van der Waals surface area contributed by atoms with Crippen LogP contribution in [0.3, 0.4) is 0 Å². The molecule has 0 atom stereocenters. The number of hydrogen-bond donors (Lipinski definition) is 0. The summed E-state index contributed by atoms with van der Waals surface area (Å²) in [5.41, 5.74) is 0.221. The van der Waals surface area contributed by atoms with Gasteiger partial charge in [-0.05, 0) is 6.07 Å². The average molecular weight is 315 g/mol. The van der Waals surface area contributed by atoms with Crippen molar-refractivity contribution in [1.82, 2.24) is 4.90 Å². The van der Waals surface area contributed by atoms with Gasteiger partial charge in [0.2, 0.25) is 0 Å². The van der Waals surface area contributed by atoms with Crippen LogP contribution in [-0.4, -0.2) is 42.0 Å². The molecule has 0 unspecified atom stereocenters. The quantitative estimate of drug-likeness (QED) is 0.616. The van der Waals surface area contributed by atoms with Gasteiger partial charge in [0.05, 0.1) is 18.1 Å². The van der Waals surface area contributed by atoms with E-state index in [1.807, 2.05) is 0 Å². The number of non-ortho nitro benzene ring substituents is 1. The minimum atomic E-state index is -0.513. The van der Waals surface area contributed by atoms with Gasteiger partial charge in [-0.25, -0.2) is 0 Å². The molecule has 1 aromatic carbocycles. The summed E-state index contributed by atoms with van der Waals surface area (Å²) in [6.45, 7) is 2.03. The van der Waals surface area contributed by atoms with Gasteiger partial charge in [-0.1, -0.05) is 15.9 Å². The molecule has 0 saturated carbocycles. The van der Waals surface area contributed by atoms with Crippen molar-refractivity contribution in [2.24, 2.45) is 0 Å². The number of nitro groups is 1. The highest BCUT2D eigenvalue weighted by Crippen LogP contribution is 2.22. The maximum absolute atomic E-state index is 12.2. The minimum Gasteiger partial charge on any atom is -0.378 e. The summed E-state index contributed by atoms with van der Waals surface area (Å²) in [4.78, 5) is 24.0. The lowest BCUT2D eigenvalue weighted by Gasteiger charge is -2.26. The average Bonchev–Trinajstić information content (AvgIpc) is 2.38. The first-order valence-electron chi connectivity index (χ1n) is 5.40.